The Morgan fingerprint density at radius 2 is 1.81 bits per heavy atom. The number of carbonyl (C=O) groups is 1. The number of primary sulfonamides is 1. The van der Waals surface area contributed by atoms with E-state index in [1.54, 1.807) is 0 Å². The second kappa shape index (κ2) is 7.92. The van der Waals surface area contributed by atoms with Crippen LogP contribution < -0.4 is 5.14 Å². The molecule has 0 bridgehead atoms. The van der Waals surface area contributed by atoms with Crippen LogP contribution in [0.5, 0.6) is 0 Å². The quantitative estimate of drug-likeness (QED) is 0.756. The number of rotatable bonds is 3. The highest BCUT2D eigenvalue weighted by Crippen LogP contribution is 2.37. The summed E-state index contributed by atoms with van der Waals surface area (Å²) in [7, 11) is -4.13. The van der Waals surface area contributed by atoms with Crippen LogP contribution in [0.25, 0.3) is 5.69 Å². The van der Waals surface area contributed by atoms with Crippen molar-refractivity contribution in [2.24, 2.45) is 5.14 Å². The standard InChI is InChI=1S/C19H21F3N4O4S/c20-19(21,22)17-13-3-1-2-4-15(13)26(24-17)16-6-5-12(31(23,28)29)11-14(16)18(27)25-7-9-30-10-8-25/h5-6,11H,1-4,7-10H2,(H2,23,28,29). The summed E-state index contributed by atoms with van der Waals surface area (Å²) in [5.41, 5.74) is -0.435. The van der Waals surface area contributed by atoms with Crippen LogP contribution in [-0.2, 0) is 33.8 Å². The van der Waals surface area contributed by atoms with Crippen LogP contribution in [0.15, 0.2) is 23.1 Å². The van der Waals surface area contributed by atoms with Crippen LogP contribution in [0.1, 0.15) is 40.2 Å². The molecule has 31 heavy (non-hydrogen) atoms. The van der Waals surface area contributed by atoms with Crippen LogP contribution in [0.4, 0.5) is 13.2 Å². The van der Waals surface area contributed by atoms with E-state index in [4.69, 9.17) is 9.88 Å². The molecule has 2 aliphatic rings. The van der Waals surface area contributed by atoms with Crippen molar-refractivity contribution in [3.8, 4) is 5.69 Å². The second-order valence-electron chi connectivity index (χ2n) is 7.52. The zero-order valence-electron chi connectivity index (χ0n) is 16.5. The molecular weight excluding hydrogens is 437 g/mol. The molecule has 1 aliphatic heterocycles. The first-order valence-electron chi connectivity index (χ1n) is 9.79. The van der Waals surface area contributed by atoms with E-state index in [0.29, 0.717) is 38.2 Å². The Morgan fingerprint density at radius 1 is 1.13 bits per heavy atom. The molecule has 1 aromatic carbocycles. The molecule has 0 atom stereocenters. The maximum Gasteiger partial charge on any atom is 0.435 e. The van der Waals surface area contributed by atoms with Gasteiger partial charge in [-0.2, -0.15) is 18.3 Å². The lowest BCUT2D eigenvalue weighted by Crippen LogP contribution is -2.41. The number of ether oxygens (including phenoxy) is 1. The van der Waals surface area contributed by atoms with Crippen LogP contribution in [0.3, 0.4) is 0 Å². The predicted molar refractivity (Wildman–Crippen MR) is 103 cm³/mol. The summed E-state index contributed by atoms with van der Waals surface area (Å²) in [6.45, 7) is 1.18. The van der Waals surface area contributed by atoms with Gasteiger partial charge in [0.1, 0.15) is 0 Å². The minimum atomic E-state index is -4.64. The van der Waals surface area contributed by atoms with Crippen molar-refractivity contribution in [1.82, 2.24) is 14.7 Å². The molecule has 2 aromatic rings. The Bertz CT molecular complexity index is 1120. The first-order valence-corrected chi connectivity index (χ1v) is 11.3. The van der Waals surface area contributed by atoms with Gasteiger partial charge in [-0.05, 0) is 43.9 Å². The van der Waals surface area contributed by atoms with E-state index in [0.717, 1.165) is 10.7 Å². The fourth-order valence-electron chi connectivity index (χ4n) is 4.01. The summed E-state index contributed by atoms with van der Waals surface area (Å²) in [5.74, 6) is -0.516. The van der Waals surface area contributed by atoms with Crippen LogP contribution in [0, 0.1) is 0 Å². The van der Waals surface area contributed by atoms with Crippen molar-refractivity contribution >= 4 is 15.9 Å². The van der Waals surface area contributed by atoms with Crippen molar-refractivity contribution in [2.75, 3.05) is 26.3 Å². The Morgan fingerprint density at radius 3 is 2.45 bits per heavy atom. The van der Waals surface area contributed by atoms with Crippen molar-refractivity contribution < 1.29 is 31.1 Å². The molecule has 12 heteroatoms. The lowest BCUT2D eigenvalue weighted by atomic mass is 9.95. The van der Waals surface area contributed by atoms with E-state index in [1.807, 2.05) is 0 Å². The van der Waals surface area contributed by atoms with E-state index in [-0.39, 0.29) is 41.2 Å². The number of halogens is 3. The number of nitrogens with zero attached hydrogens (tertiary/aromatic N) is 3. The number of alkyl halides is 3. The maximum atomic E-state index is 13.6. The Labute approximate surface area is 176 Å². The molecule has 0 spiro atoms. The first kappa shape index (κ1) is 21.8. The second-order valence-corrected chi connectivity index (χ2v) is 9.08. The number of hydrogen-bond acceptors (Lipinski definition) is 5. The van der Waals surface area contributed by atoms with Gasteiger partial charge < -0.3 is 9.64 Å². The summed E-state index contributed by atoms with van der Waals surface area (Å²) in [4.78, 5) is 14.4. The monoisotopic (exact) mass is 458 g/mol. The third-order valence-electron chi connectivity index (χ3n) is 5.50. The highest BCUT2D eigenvalue weighted by Gasteiger charge is 2.40. The van der Waals surface area contributed by atoms with E-state index >= 15 is 0 Å². The molecule has 2 N–H and O–H groups in total. The smallest absolute Gasteiger partial charge is 0.378 e. The average molecular weight is 458 g/mol. The van der Waals surface area contributed by atoms with Crippen LogP contribution in [-0.4, -0.2) is 55.3 Å². The highest BCUT2D eigenvalue weighted by atomic mass is 32.2. The van der Waals surface area contributed by atoms with Crippen molar-refractivity contribution in [3.63, 3.8) is 0 Å². The average Bonchev–Trinajstić information content (AvgIpc) is 3.13. The molecular formula is C19H21F3N4O4S. The number of sulfonamides is 1. The molecule has 1 fully saturated rings. The lowest BCUT2D eigenvalue weighted by Gasteiger charge is -2.28. The van der Waals surface area contributed by atoms with Gasteiger partial charge in [0.25, 0.3) is 5.91 Å². The minimum absolute atomic E-state index is 0.0713. The SMILES string of the molecule is NS(=O)(=O)c1ccc(-n2nc(C(F)(F)F)c3c2CCCC3)c(C(=O)N2CCOCC2)c1. The van der Waals surface area contributed by atoms with E-state index in [9.17, 15) is 26.4 Å². The van der Waals surface area contributed by atoms with Gasteiger partial charge in [0.2, 0.25) is 10.0 Å². The van der Waals surface area contributed by atoms with E-state index in [1.165, 1.54) is 17.0 Å². The Hall–Kier alpha value is -2.44. The summed E-state index contributed by atoms with van der Waals surface area (Å²) >= 11 is 0. The van der Waals surface area contributed by atoms with Crippen molar-refractivity contribution in [3.05, 3.63) is 40.7 Å². The van der Waals surface area contributed by atoms with Gasteiger partial charge in [-0.15, -0.1) is 0 Å². The normalized spacial score (nSPS) is 17.5. The van der Waals surface area contributed by atoms with Crippen molar-refractivity contribution in [1.29, 1.82) is 0 Å². The van der Waals surface area contributed by atoms with E-state index in [2.05, 4.69) is 5.10 Å². The molecule has 168 valence electrons. The molecule has 0 unspecified atom stereocenters. The Balaban J connectivity index is 1.91. The van der Waals surface area contributed by atoms with Gasteiger partial charge >= 0.3 is 6.18 Å². The summed E-state index contributed by atoms with van der Waals surface area (Å²) in [6, 6.07) is 3.56. The van der Waals surface area contributed by atoms with Gasteiger partial charge in [0, 0.05) is 24.3 Å². The van der Waals surface area contributed by atoms with Crippen LogP contribution in [0.2, 0.25) is 0 Å². The number of fused-ring (bicyclic) bond motifs is 1. The van der Waals surface area contributed by atoms with Gasteiger partial charge in [-0.1, -0.05) is 0 Å². The number of nitrogens with two attached hydrogens (primary N) is 1. The number of amides is 1. The lowest BCUT2D eigenvalue weighted by molar-refractivity contribution is -0.142. The predicted octanol–water partition coefficient (Wildman–Crippen LogP) is 1.89. The van der Waals surface area contributed by atoms with Crippen molar-refractivity contribution in [2.45, 2.75) is 36.8 Å². The number of carbonyl (C=O) groups excluding carboxylic acids is 1. The number of benzene rings is 1. The van der Waals surface area contributed by atoms with Gasteiger partial charge in [-0.25, -0.2) is 18.2 Å². The first-order chi connectivity index (χ1) is 14.6. The third-order valence-corrected chi connectivity index (χ3v) is 6.41. The molecule has 1 amide bonds. The molecule has 1 saturated heterocycles. The van der Waals surface area contributed by atoms with E-state index < -0.39 is 27.8 Å². The summed E-state index contributed by atoms with van der Waals surface area (Å²) in [5, 5.41) is 9.05. The molecule has 1 aliphatic carbocycles. The van der Waals surface area contributed by atoms with Gasteiger partial charge in [0.15, 0.2) is 5.69 Å². The number of aromatic nitrogens is 2. The zero-order valence-corrected chi connectivity index (χ0v) is 17.3. The zero-order chi connectivity index (χ0) is 22.4. The largest absolute Gasteiger partial charge is 0.435 e. The topological polar surface area (TPSA) is 108 Å². The molecule has 0 radical (unpaired) electrons. The van der Waals surface area contributed by atoms with Gasteiger partial charge in [-0.3, -0.25) is 4.79 Å². The molecule has 1 aromatic heterocycles. The molecule has 8 nitrogen and oxygen atoms in total. The summed E-state index contributed by atoms with van der Waals surface area (Å²) in [6.07, 6.45) is -2.71. The summed E-state index contributed by atoms with van der Waals surface area (Å²) < 4.78 is 70.9. The molecule has 0 saturated carbocycles. The maximum absolute atomic E-state index is 13.6. The fourth-order valence-corrected chi connectivity index (χ4v) is 4.55. The van der Waals surface area contributed by atoms with Gasteiger partial charge in [0.05, 0.1) is 29.4 Å². The van der Waals surface area contributed by atoms with Crippen LogP contribution >= 0.6 is 0 Å². The molecule has 2 heterocycles. The number of morpholine rings is 1. The highest BCUT2D eigenvalue weighted by molar-refractivity contribution is 7.89. The Kier molecular flexibility index (Phi) is 5.56. The fraction of sp³-hybridized carbons (Fsp3) is 0.474. The minimum Gasteiger partial charge on any atom is -0.378 e. The number of hydrogen-bond donors (Lipinski definition) is 1. The molecule has 4 rings (SSSR count). The third kappa shape index (κ3) is 4.19.